The summed E-state index contributed by atoms with van der Waals surface area (Å²) in [5, 5.41) is 4.72. The number of benzene rings is 3. The van der Waals surface area contributed by atoms with E-state index in [1.54, 1.807) is 0 Å². The number of rotatable bonds is 2. The molecule has 3 aromatic carbocycles. The Labute approximate surface area is 148 Å². The normalized spacial score (nSPS) is 11.8. The lowest BCUT2D eigenvalue weighted by molar-refractivity contribution is 0.461. The van der Waals surface area contributed by atoms with Crippen molar-refractivity contribution in [2.75, 3.05) is 0 Å². The number of hydrogen-bond acceptors (Lipinski definition) is 2. The molecule has 1 heterocycles. The van der Waals surface area contributed by atoms with Gasteiger partial charge in [-0.1, -0.05) is 69.3 Å². The van der Waals surface area contributed by atoms with Crippen molar-refractivity contribution in [3.8, 4) is 11.6 Å². The minimum atomic E-state index is 0.0897. The molecule has 0 aliphatic rings. The molecule has 0 saturated heterocycles. The second-order valence-corrected chi connectivity index (χ2v) is 7.41. The minimum Gasteiger partial charge on any atom is -0.439 e. The maximum absolute atomic E-state index is 6.06. The van der Waals surface area contributed by atoms with Crippen LogP contribution in [0.5, 0.6) is 11.6 Å². The first-order valence-electron chi connectivity index (χ1n) is 8.57. The number of nitrogens with zero attached hydrogens (tertiary/aromatic N) is 1. The second-order valence-electron chi connectivity index (χ2n) is 7.41. The van der Waals surface area contributed by atoms with Gasteiger partial charge in [0.05, 0.1) is 0 Å². The molecule has 1 aromatic heterocycles. The fourth-order valence-corrected chi connectivity index (χ4v) is 3.08. The molecule has 0 radical (unpaired) electrons. The Hall–Kier alpha value is -2.87. The number of aromatic nitrogens is 1. The van der Waals surface area contributed by atoms with Crippen LogP contribution in [0.1, 0.15) is 26.3 Å². The SMILES string of the molecule is CC(C)(C)c1cccc(Oc2cc3c(ccc4ccccc43)cn2)c1. The summed E-state index contributed by atoms with van der Waals surface area (Å²) < 4.78 is 6.06. The summed E-state index contributed by atoms with van der Waals surface area (Å²) in [4.78, 5) is 4.48. The molecule has 25 heavy (non-hydrogen) atoms. The third-order valence-electron chi connectivity index (χ3n) is 4.53. The van der Waals surface area contributed by atoms with Crippen molar-refractivity contribution in [2.45, 2.75) is 26.2 Å². The molecule has 0 spiro atoms. The summed E-state index contributed by atoms with van der Waals surface area (Å²) in [6.07, 6.45) is 1.88. The molecule has 0 unspecified atom stereocenters. The highest BCUT2D eigenvalue weighted by molar-refractivity contribution is 6.07. The monoisotopic (exact) mass is 327 g/mol. The first-order valence-corrected chi connectivity index (χ1v) is 8.57. The van der Waals surface area contributed by atoms with E-state index < -0.39 is 0 Å². The average Bonchev–Trinajstić information content (AvgIpc) is 2.61. The Bertz CT molecular complexity index is 1060. The summed E-state index contributed by atoms with van der Waals surface area (Å²) in [7, 11) is 0. The van der Waals surface area contributed by atoms with E-state index >= 15 is 0 Å². The van der Waals surface area contributed by atoms with E-state index in [1.165, 1.54) is 16.3 Å². The third kappa shape index (κ3) is 3.08. The molecule has 4 rings (SSSR count). The van der Waals surface area contributed by atoms with Crippen LogP contribution in [0.2, 0.25) is 0 Å². The van der Waals surface area contributed by atoms with E-state index in [1.807, 2.05) is 24.4 Å². The van der Waals surface area contributed by atoms with Gasteiger partial charge in [0.1, 0.15) is 5.75 Å². The van der Waals surface area contributed by atoms with E-state index in [9.17, 15) is 0 Å². The van der Waals surface area contributed by atoms with Crippen LogP contribution in [-0.2, 0) is 5.41 Å². The molecule has 0 bridgehead atoms. The molecular weight excluding hydrogens is 306 g/mol. The Balaban J connectivity index is 1.76. The molecule has 4 aromatic rings. The zero-order chi connectivity index (χ0) is 17.4. The first-order chi connectivity index (χ1) is 12.0. The number of pyridine rings is 1. The topological polar surface area (TPSA) is 22.1 Å². The van der Waals surface area contributed by atoms with Gasteiger partial charge in [-0.15, -0.1) is 0 Å². The summed E-state index contributed by atoms with van der Waals surface area (Å²) in [5.41, 5.74) is 1.34. The van der Waals surface area contributed by atoms with E-state index in [2.05, 4.69) is 74.3 Å². The lowest BCUT2D eigenvalue weighted by atomic mass is 9.87. The Kier molecular flexibility index (Phi) is 3.69. The molecule has 124 valence electrons. The van der Waals surface area contributed by atoms with Crippen LogP contribution in [0, 0.1) is 0 Å². The van der Waals surface area contributed by atoms with Crippen LogP contribution >= 0.6 is 0 Å². The van der Waals surface area contributed by atoms with Gasteiger partial charge >= 0.3 is 0 Å². The summed E-state index contributed by atoms with van der Waals surface area (Å²) in [5.74, 6) is 1.44. The molecule has 0 aliphatic carbocycles. The Morgan fingerprint density at radius 2 is 1.56 bits per heavy atom. The highest BCUT2D eigenvalue weighted by Gasteiger charge is 2.14. The van der Waals surface area contributed by atoms with Crippen LogP contribution in [0.15, 0.2) is 72.9 Å². The van der Waals surface area contributed by atoms with Crippen LogP contribution in [0.4, 0.5) is 0 Å². The van der Waals surface area contributed by atoms with Crippen LogP contribution in [0.3, 0.4) is 0 Å². The third-order valence-corrected chi connectivity index (χ3v) is 4.53. The predicted octanol–water partition coefficient (Wildman–Crippen LogP) is 6.48. The average molecular weight is 327 g/mol. The van der Waals surface area contributed by atoms with Crippen molar-refractivity contribution < 1.29 is 4.74 Å². The van der Waals surface area contributed by atoms with Gasteiger partial charge in [-0.2, -0.15) is 0 Å². The number of fused-ring (bicyclic) bond motifs is 3. The van der Waals surface area contributed by atoms with Crippen molar-refractivity contribution in [3.63, 3.8) is 0 Å². The second kappa shape index (κ2) is 5.89. The van der Waals surface area contributed by atoms with Gasteiger partial charge in [0, 0.05) is 17.6 Å². The zero-order valence-electron chi connectivity index (χ0n) is 14.8. The highest BCUT2D eigenvalue weighted by Crippen LogP contribution is 2.31. The van der Waals surface area contributed by atoms with Gasteiger partial charge in [0.2, 0.25) is 5.88 Å². The number of ether oxygens (including phenoxy) is 1. The van der Waals surface area contributed by atoms with Crippen LogP contribution in [-0.4, -0.2) is 4.98 Å². The molecule has 0 fully saturated rings. The van der Waals surface area contributed by atoms with Gasteiger partial charge in [-0.05, 0) is 39.3 Å². The van der Waals surface area contributed by atoms with E-state index in [-0.39, 0.29) is 5.41 Å². The van der Waals surface area contributed by atoms with Gasteiger partial charge in [0.25, 0.3) is 0 Å². The Morgan fingerprint density at radius 3 is 2.40 bits per heavy atom. The van der Waals surface area contributed by atoms with Crippen LogP contribution in [0.25, 0.3) is 21.5 Å². The van der Waals surface area contributed by atoms with Crippen molar-refractivity contribution in [3.05, 3.63) is 78.5 Å². The molecule has 0 N–H and O–H groups in total. The molecule has 0 aliphatic heterocycles. The van der Waals surface area contributed by atoms with Gasteiger partial charge in [-0.3, -0.25) is 0 Å². The van der Waals surface area contributed by atoms with Crippen LogP contribution < -0.4 is 4.74 Å². The summed E-state index contributed by atoms with van der Waals surface area (Å²) >= 11 is 0. The quantitative estimate of drug-likeness (QED) is 0.393. The maximum Gasteiger partial charge on any atom is 0.219 e. The number of hydrogen-bond donors (Lipinski definition) is 0. The molecule has 0 amide bonds. The van der Waals surface area contributed by atoms with Crippen molar-refractivity contribution in [2.24, 2.45) is 0 Å². The Morgan fingerprint density at radius 1 is 0.760 bits per heavy atom. The molecular formula is C23H21NO. The van der Waals surface area contributed by atoms with Gasteiger partial charge in [-0.25, -0.2) is 4.98 Å². The maximum atomic E-state index is 6.06. The predicted molar refractivity (Wildman–Crippen MR) is 104 cm³/mol. The highest BCUT2D eigenvalue weighted by atomic mass is 16.5. The fourth-order valence-electron chi connectivity index (χ4n) is 3.08. The van der Waals surface area contributed by atoms with Crippen molar-refractivity contribution in [1.82, 2.24) is 4.98 Å². The molecule has 0 saturated carbocycles. The van der Waals surface area contributed by atoms with E-state index in [4.69, 9.17) is 4.74 Å². The van der Waals surface area contributed by atoms with Gasteiger partial charge < -0.3 is 4.74 Å². The smallest absolute Gasteiger partial charge is 0.219 e. The zero-order valence-corrected chi connectivity index (χ0v) is 14.8. The summed E-state index contributed by atoms with van der Waals surface area (Å²) in [6.45, 7) is 6.60. The van der Waals surface area contributed by atoms with Crippen molar-refractivity contribution >= 4 is 21.5 Å². The molecule has 2 nitrogen and oxygen atoms in total. The molecule has 2 heteroatoms. The molecule has 0 atom stereocenters. The van der Waals surface area contributed by atoms with E-state index in [0.717, 1.165) is 16.5 Å². The fraction of sp³-hybridized carbons (Fsp3) is 0.174. The lowest BCUT2D eigenvalue weighted by Crippen LogP contribution is -2.10. The minimum absolute atomic E-state index is 0.0897. The largest absolute Gasteiger partial charge is 0.439 e. The van der Waals surface area contributed by atoms with Crippen molar-refractivity contribution in [1.29, 1.82) is 0 Å². The summed E-state index contributed by atoms with van der Waals surface area (Å²) in [6, 6.07) is 22.9. The first kappa shape index (κ1) is 15.6. The lowest BCUT2D eigenvalue weighted by Gasteiger charge is -2.19. The standard InChI is InChI=1S/C23H21NO/c1-23(2,3)18-8-6-9-19(13-18)25-22-14-21-17(15-24-22)12-11-16-7-4-5-10-20(16)21/h4-15H,1-3H3. The van der Waals surface area contributed by atoms with E-state index in [0.29, 0.717) is 5.88 Å². The van der Waals surface area contributed by atoms with Gasteiger partial charge in [0.15, 0.2) is 0 Å².